The molecule has 0 aliphatic rings. The van der Waals surface area contributed by atoms with Gasteiger partial charge in [0.1, 0.15) is 0 Å². The smallest absolute Gasteiger partial charge is 0.226 e. The molecule has 0 spiro atoms. The Labute approximate surface area is 123 Å². The molecule has 0 amide bonds. The molecule has 2 rings (SSSR count). The normalized spacial score (nSPS) is 12.4. The summed E-state index contributed by atoms with van der Waals surface area (Å²) in [5.41, 5.74) is 0.868. The Morgan fingerprint density at radius 2 is 2.24 bits per heavy atom. The number of hydrogen-bond acceptors (Lipinski definition) is 5. The van der Waals surface area contributed by atoms with Crippen molar-refractivity contribution in [2.45, 2.75) is 39.3 Å². The van der Waals surface area contributed by atoms with E-state index in [1.54, 1.807) is 6.07 Å². The van der Waals surface area contributed by atoms with Crippen molar-refractivity contribution in [2.24, 2.45) is 0 Å². The maximum atomic E-state index is 14.0. The monoisotopic (exact) mass is 293 g/mol. The number of halogens is 1. The number of ether oxygens (including phenoxy) is 1. The van der Waals surface area contributed by atoms with Crippen molar-refractivity contribution >= 4 is 0 Å². The van der Waals surface area contributed by atoms with Gasteiger partial charge in [-0.3, -0.25) is 0 Å². The zero-order valence-corrected chi connectivity index (χ0v) is 12.5. The van der Waals surface area contributed by atoms with Crippen LogP contribution in [0.1, 0.15) is 43.6 Å². The zero-order chi connectivity index (χ0) is 15.2. The lowest BCUT2D eigenvalue weighted by Crippen LogP contribution is -2.12. The second-order valence-electron chi connectivity index (χ2n) is 4.84. The van der Waals surface area contributed by atoms with Gasteiger partial charge in [-0.1, -0.05) is 18.1 Å². The van der Waals surface area contributed by atoms with Gasteiger partial charge in [-0.15, -0.1) is 0 Å². The Morgan fingerprint density at radius 1 is 1.43 bits per heavy atom. The van der Waals surface area contributed by atoms with Crippen LogP contribution < -0.4 is 10.1 Å². The maximum absolute atomic E-state index is 14.0. The second kappa shape index (κ2) is 7.17. The molecule has 0 aliphatic carbocycles. The standard InChI is InChI=1S/C15H20FN3O2/c1-4-5-15-18-14(19-21-15)9-20-13-7-6-11(8-12(13)16)10(2)17-3/h6-8,10,17H,4-5,9H2,1-3H3. The van der Waals surface area contributed by atoms with E-state index < -0.39 is 5.82 Å². The van der Waals surface area contributed by atoms with Crippen LogP contribution in [0.4, 0.5) is 4.39 Å². The van der Waals surface area contributed by atoms with Crippen LogP contribution >= 0.6 is 0 Å². The summed E-state index contributed by atoms with van der Waals surface area (Å²) in [6.07, 6.45) is 1.67. The topological polar surface area (TPSA) is 60.2 Å². The number of nitrogens with one attached hydrogen (secondary N) is 1. The first-order valence-electron chi connectivity index (χ1n) is 7.05. The third-order valence-corrected chi connectivity index (χ3v) is 3.22. The number of benzene rings is 1. The van der Waals surface area contributed by atoms with E-state index in [1.807, 2.05) is 27.0 Å². The van der Waals surface area contributed by atoms with Crippen molar-refractivity contribution in [2.75, 3.05) is 7.05 Å². The van der Waals surface area contributed by atoms with E-state index in [9.17, 15) is 4.39 Å². The van der Waals surface area contributed by atoms with E-state index in [4.69, 9.17) is 9.26 Å². The van der Waals surface area contributed by atoms with Crippen LogP contribution in [0.15, 0.2) is 22.7 Å². The molecule has 1 atom stereocenters. The molecule has 1 unspecified atom stereocenters. The summed E-state index contributed by atoms with van der Waals surface area (Å²) in [7, 11) is 1.83. The molecule has 114 valence electrons. The SMILES string of the molecule is CCCc1nc(COc2ccc(C(C)NC)cc2F)no1. The van der Waals surface area contributed by atoms with Gasteiger partial charge in [-0.2, -0.15) is 4.98 Å². The van der Waals surface area contributed by atoms with Crippen molar-refractivity contribution in [1.82, 2.24) is 15.5 Å². The van der Waals surface area contributed by atoms with Gasteiger partial charge in [-0.25, -0.2) is 4.39 Å². The molecular weight excluding hydrogens is 273 g/mol. The van der Waals surface area contributed by atoms with Gasteiger partial charge >= 0.3 is 0 Å². The van der Waals surface area contributed by atoms with Crippen LogP contribution in [0.2, 0.25) is 0 Å². The van der Waals surface area contributed by atoms with E-state index in [0.29, 0.717) is 11.7 Å². The molecule has 2 aromatic rings. The average Bonchev–Trinajstić information content (AvgIpc) is 2.93. The number of hydrogen-bond donors (Lipinski definition) is 1. The average molecular weight is 293 g/mol. The highest BCUT2D eigenvalue weighted by Crippen LogP contribution is 2.22. The third kappa shape index (κ3) is 4.01. The fourth-order valence-corrected chi connectivity index (χ4v) is 1.88. The van der Waals surface area contributed by atoms with Gasteiger partial charge < -0.3 is 14.6 Å². The third-order valence-electron chi connectivity index (χ3n) is 3.22. The molecule has 0 saturated heterocycles. The highest BCUT2D eigenvalue weighted by Gasteiger charge is 2.11. The van der Waals surface area contributed by atoms with Gasteiger partial charge in [0.2, 0.25) is 11.7 Å². The van der Waals surface area contributed by atoms with Gasteiger partial charge in [0.15, 0.2) is 18.2 Å². The van der Waals surface area contributed by atoms with Gasteiger partial charge in [-0.05, 0) is 38.1 Å². The Bertz CT molecular complexity index is 586. The summed E-state index contributed by atoms with van der Waals surface area (Å²) >= 11 is 0. The number of aryl methyl sites for hydroxylation is 1. The van der Waals surface area contributed by atoms with Gasteiger partial charge in [0.25, 0.3) is 0 Å². The predicted molar refractivity (Wildman–Crippen MR) is 76.5 cm³/mol. The second-order valence-corrected chi connectivity index (χ2v) is 4.84. The molecule has 1 N–H and O–H groups in total. The molecule has 1 aromatic heterocycles. The molecule has 0 radical (unpaired) electrons. The molecule has 6 heteroatoms. The quantitative estimate of drug-likeness (QED) is 0.850. The summed E-state index contributed by atoms with van der Waals surface area (Å²) in [6, 6.07) is 5.00. The molecular formula is C15H20FN3O2. The first kappa shape index (κ1) is 15.4. The van der Waals surface area contributed by atoms with Gasteiger partial charge in [0.05, 0.1) is 0 Å². The van der Waals surface area contributed by atoms with Crippen LogP contribution in [0.5, 0.6) is 5.75 Å². The molecule has 5 nitrogen and oxygen atoms in total. The van der Waals surface area contributed by atoms with Crippen molar-refractivity contribution in [3.8, 4) is 5.75 Å². The number of nitrogens with zero attached hydrogens (tertiary/aromatic N) is 2. The minimum atomic E-state index is -0.396. The van der Waals surface area contributed by atoms with E-state index in [1.165, 1.54) is 6.07 Å². The van der Waals surface area contributed by atoms with Crippen LogP contribution in [0.25, 0.3) is 0 Å². The first-order chi connectivity index (χ1) is 10.1. The van der Waals surface area contributed by atoms with Crippen LogP contribution in [0, 0.1) is 5.82 Å². The summed E-state index contributed by atoms with van der Waals surface area (Å²) in [4.78, 5) is 4.17. The fraction of sp³-hybridized carbons (Fsp3) is 0.467. The van der Waals surface area contributed by atoms with Crippen LogP contribution in [-0.2, 0) is 13.0 Å². The minimum Gasteiger partial charge on any atom is -0.482 e. The van der Waals surface area contributed by atoms with Crippen molar-refractivity contribution in [3.05, 3.63) is 41.3 Å². The zero-order valence-electron chi connectivity index (χ0n) is 12.5. The molecule has 1 heterocycles. The number of rotatable bonds is 7. The van der Waals surface area contributed by atoms with Crippen LogP contribution in [-0.4, -0.2) is 17.2 Å². The van der Waals surface area contributed by atoms with Crippen molar-refractivity contribution in [3.63, 3.8) is 0 Å². The highest BCUT2D eigenvalue weighted by atomic mass is 19.1. The Balaban J connectivity index is 1.99. The van der Waals surface area contributed by atoms with Crippen LogP contribution in [0.3, 0.4) is 0 Å². The molecule has 0 aliphatic heterocycles. The Morgan fingerprint density at radius 3 is 2.90 bits per heavy atom. The van der Waals surface area contributed by atoms with E-state index in [2.05, 4.69) is 15.5 Å². The van der Waals surface area contributed by atoms with Gasteiger partial charge in [0, 0.05) is 12.5 Å². The lowest BCUT2D eigenvalue weighted by atomic mass is 10.1. The lowest BCUT2D eigenvalue weighted by molar-refractivity contribution is 0.272. The van der Waals surface area contributed by atoms with Crippen molar-refractivity contribution in [1.29, 1.82) is 0 Å². The summed E-state index contributed by atoms with van der Waals surface area (Å²) in [5, 5.41) is 6.86. The summed E-state index contributed by atoms with van der Waals surface area (Å²) < 4.78 is 24.4. The molecule has 21 heavy (non-hydrogen) atoms. The largest absolute Gasteiger partial charge is 0.482 e. The summed E-state index contributed by atoms with van der Waals surface area (Å²) in [6.45, 7) is 4.08. The van der Waals surface area contributed by atoms with E-state index in [0.717, 1.165) is 18.4 Å². The van der Waals surface area contributed by atoms with E-state index in [-0.39, 0.29) is 18.4 Å². The maximum Gasteiger partial charge on any atom is 0.226 e. The van der Waals surface area contributed by atoms with E-state index >= 15 is 0 Å². The summed E-state index contributed by atoms with van der Waals surface area (Å²) in [5.74, 6) is 0.788. The lowest BCUT2D eigenvalue weighted by Gasteiger charge is -2.12. The fourth-order valence-electron chi connectivity index (χ4n) is 1.88. The molecule has 1 aromatic carbocycles. The molecule has 0 bridgehead atoms. The predicted octanol–water partition coefficient (Wildman–Crippen LogP) is 3.02. The Hall–Kier alpha value is -1.95. The highest BCUT2D eigenvalue weighted by molar-refractivity contribution is 5.30. The Kier molecular flexibility index (Phi) is 5.27. The van der Waals surface area contributed by atoms with Crippen molar-refractivity contribution < 1.29 is 13.7 Å². The minimum absolute atomic E-state index is 0.0855. The molecule has 0 fully saturated rings. The molecule has 0 saturated carbocycles. The first-order valence-corrected chi connectivity index (χ1v) is 7.05. The number of aromatic nitrogens is 2.